The van der Waals surface area contributed by atoms with Gasteiger partial charge in [0.2, 0.25) is 0 Å². The number of amides is 1. The summed E-state index contributed by atoms with van der Waals surface area (Å²) in [5.41, 5.74) is 1.40. The first kappa shape index (κ1) is 14.6. The van der Waals surface area contributed by atoms with E-state index in [0.29, 0.717) is 12.1 Å². The van der Waals surface area contributed by atoms with Crippen molar-refractivity contribution in [3.05, 3.63) is 36.0 Å². The van der Waals surface area contributed by atoms with Gasteiger partial charge in [-0.15, -0.1) is 0 Å². The zero-order valence-electron chi connectivity index (χ0n) is 12.1. The molecule has 4 heteroatoms. The average Bonchev–Trinajstić information content (AvgIpc) is 2.97. The first-order chi connectivity index (χ1) is 9.65. The van der Waals surface area contributed by atoms with Crippen molar-refractivity contribution in [3.63, 3.8) is 0 Å². The van der Waals surface area contributed by atoms with Gasteiger partial charge < -0.3 is 15.4 Å². The van der Waals surface area contributed by atoms with Crippen LogP contribution >= 0.6 is 0 Å². The maximum Gasteiger partial charge on any atom is 0.251 e. The van der Waals surface area contributed by atoms with Crippen molar-refractivity contribution in [2.45, 2.75) is 26.7 Å². The molecule has 0 unspecified atom stereocenters. The molecule has 20 heavy (non-hydrogen) atoms. The van der Waals surface area contributed by atoms with Crippen LogP contribution < -0.4 is 5.32 Å². The van der Waals surface area contributed by atoms with Gasteiger partial charge in [-0.2, -0.15) is 0 Å². The van der Waals surface area contributed by atoms with Crippen LogP contribution in [-0.4, -0.2) is 29.1 Å². The van der Waals surface area contributed by atoms with E-state index in [1.807, 2.05) is 44.3 Å². The Kier molecular flexibility index (Phi) is 4.45. The Bertz CT molecular complexity index is 577. The SMILES string of the molecule is CCC(CC)(CO)CNC(=O)c1cccc2[nH]ccc12. The molecule has 0 aliphatic heterocycles. The Labute approximate surface area is 119 Å². The van der Waals surface area contributed by atoms with E-state index < -0.39 is 0 Å². The number of fused-ring (bicyclic) bond motifs is 1. The second-order valence-electron chi connectivity index (χ2n) is 5.29. The van der Waals surface area contributed by atoms with E-state index in [9.17, 15) is 9.90 Å². The number of carbonyl (C=O) groups excluding carboxylic acids is 1. The smallest absolute Gasteiger partial charge is 0.251 e. The number of aliphatic hydroxyl groups is 1. The van der Waals surface area contributed by atoms with E-state index in [-0.39, 0.29) is 17.9 Å². The van der Waals surface area contributed by atoms with E-state index in [1.54, 1.807) is 0 Å². The molecule has 0 bridgehead atoms. The zero-order chi connectivity index (χ0) is 14.6. The molecule has 0 spiro atoms. The molecule has 1 aromatic carbocycles. The van der Waals surface area contributed by atoms with E-state index in [4.69, 9.17) is 0 Å². The van der Waals surface area contributed by atoms with Crippen molar-refractivity contribution in [1.82, 2.24) is 10.3 Å². The van der Waals surface area contributed by atoms with Crippen LogP contribution in [0.3, 0.4) is 0 Å². The van der Waals surface area contributed by atoms with Crippen molar-refractivity contribution < 1.29 is 9.90 Å². The summed E-state index contributed by atoms with van der Waals surface area (Å²) in [6.45, 7) is 4.67. The highest BCUT2D eigenvalue weighted by Gasteiger charge is 2.26. The van der Waals surface area contributed by atoms with Crippen molar-refractivity contribution >= 4 is 16.8 Å². The van der Waals surface area contributed by atoms with Gasteiger partial charge in [-0.3, -0.25) is 4.79 Å². The van der Waals surface area contributed by atoms with Crippen molar-refractivity contribution in [3.8, 4) is 0 Å². The molecule has 2 rings (SSSR count). The predicted octanol–water partition coefficient (Wildman–Crippen LogP) is 2.70. The Morgan fingerprint density at radius 1 is 1.30 bits per heavy atom. The molecule has 1 amide bonds. The van der Waals surface area contributed by atoms with Gasteiger partial charge in [0, 0.05) is 34.6 Å². The maximum absolute atomic E-state index is 12.3. The molecule has 4 nitrogen and oxygen atoms in total. The van der Waals surface area contributed by atoms with E-state index in [0.717, 1.165) is 23.7 Å². The van der Waals surface area contributed by atoms with E-state index in [1.165, 1.54) is 0 Å². The van der Waals surface area contributed by atoms with Gasteiger partial charge >= 0.3 is 0 Å². The number of carbonyl (C=O) groups is 1. The average molecular weight is 274 g/mol. The standard InChI is InChI=1S/C16H22N2O2/c1-3-16(4-2,11-19)10-18-15(20)13-6-5-7-14-12(13)8-9-17-14/h5-9,17,19H,3-4,10-11H2,1-2H3,(H,18,20). The lowest BCUT2D eigenvalue weighted by atomic mass is 9.83. The van der Waals surface area contributed by atoms with Gasteiger partial charge in [0.15, 0.2) is 0 Å². The fourth-order valence-electron chi connectivity index (χ4n) is 2.43. The minimum Gasteiger partial charge on any atom is -0.396 e. The molecular formula is C16H22N2O2. The summed E-state index contributed by atoms with van der Waals surface area (Å²) in [4.78, 5) is 15.4. The summed E-state index contributed by atoms with van der Waals surface area (Å²) in [7, 11) is 0. The lowest BCUT2D eigenvalue weighted by Crippen LogP contribution is -2.39. The summed E-state index contributed by atoms with van der Waals surface area (Å²) in [5, 5.41) is 13.4. The lowest BCUT2D eigenvalue weighted by molar-refractivity contribution is 0.0852. The van der Waals surface area contributed by atoms with Gasteiger partial charge in [-0.25, -0.2) is 0 Å². The van der Waals surface area contributed by atoms with Crippen LogP contribution in [0.2, 0.25) is 0 Å². The van der Waals surface area contributed by atoms with Gasteiger partial charge in [-0.05, 0) is 31.0 Å². The topological polar surface area (TPSA) is 65.1 Å². The number of nitrogens with one attached hydrogen (secondary N) is 2. The number of hydrogen-bond acceptors (Lipinski definition) is 2. The van der Waals surface area contributed by atoms with Gasteiger partial charge in [0.25, 0.3) is 5.91 Å². The number of aromatic nitrogens is 1. The fourth-order valence-corrected chi connectivity index (χ4v) is 2.43. The largest absolute Gasteiger partial charge is 0.396 e. The summed E-state index contributed by atoms with van der Waals surface area (Å²) >= 11 is 0. The fraction of sp³-hybridized carbons (Fsp3) is 0.438. The van der Waals surface area contributed by atoms with Crippen LogP contribution in [0.15, 0.2) is 30.5 Å². The van der Waals surface area contributed by atoms with Crippen LogP contribution in [0.4, 0.5) is 0 Å². The molecule has 0 aliphatic rings. The van der Waals surface area contributed by atoms with Crippen LogP contribution in [0.5, 0.6) is 0 Å². The Balaban J connectivity index is 2.14. The first-order valence-electron chi connectivity index (χ1n) is 7.11. The molecular weight excluding hydrogens is 252 g/mol. The van der Waals surface area contributed by atoms with Crippen LogP contribution in [0.1, 0.15) is 37.0 Å². The second kappa shape index (κ2) is 6.09. The third kappa shape index (κ3) is 2.70. The number of hydrogen-bond donors (Lipinski definition) is 3. The molecule has 0 atom stereocenters. The van der Waals surface area contributed by atoms with Gasteiger partial charge in [-0.1, -0.05) is 19.9 Å². The zero-order valence-corrected chi connectivity index (χ0v) is 12.1. The van der Waals surface area contributed by atoms with Gasteiger partial charge in [0.1, 0.15) is 0 Å². The minimum atomic E-state index is -0.221. The highest BCUT2D eigenvalue weighted by Crippen LogP contribution is 2.25. The molecule has 108 valence electrons. The Morgan fingerprint density at radius 3 is 2.70 bits per heavy atom. The predicted molar refractivity (Wildman–Crippen MR) is 80.7 cm³/mol. The molecule has 0 fully saturated rings. The lowest BCUT2D eigenvalue weighted by Gasteiger charge is -2.29. The first-order valence-corrected chi connectivity index (χ1v) is 7.11. The maximum atomic E-state index is 12.3. The third-order valence-corrected chi connectivity index (χ3v) is 4.30. The van der Waals surface area contributed by atoms with Crippen molar-refractivity contribution in [2.24, 2.45) is 5.41 Å². The summed E-state index contributed by atoms with van der Waals surface area (Å²) in [6, 6.07) is 7.54. The number of rotatable bonds is 6. The van der Waals surface area contributed by atoms with Crippen LogP contribution in [0, 0.1) is 5.41 Å². The summed E-state index contributed by atoms with van der Waals surface area (Å²) < 4.78 is 0. The number of aromatic amines is 1. The molecule has 1 heterocycles. The quantitative estimate of drug-likeness (QED) is 0.758. The highest BCUT2D eigenvalue weighted by molar-refractivity contribution is 6.06. The Morgan fingerprint density at radius 2 is 2.05 bits per heavy atom. The minimum absolute atomic E-state index is 0.0880. The Hall–Kier alpha value is -1.81. The molecule has 0 radical (unpaired) electrons. The number of aliphatic hydroxyl groups excluding tert-OH is 1. The van der Waals surface area contributed by atoms with E-state index >= 15 is 0 Å². The van der Waals surface area contributed by atoms with Crippen LogP contribution in [0.25, 0.3) is 10.9 Å². The normalized spacial score (nSPS) is 11.8. The highest BCUT2D eigenvalue weighted by atomic mass is 16.3. The molecule has 0 aliphatic carbocycles. The monoisotopic (exact) mass is 274 g/mol. The number of benzene rings is 1. The molecule has 0 saturated heterocycles. The van der Waals surface area contributed by atoms with Gasteiger partial charge in [0.05, 0.1) is 6.61 Å². The van der Waals surface area contributed by atoms with E-state index in [2.05, 4.69) is 10.3 Å². The third-order valence-electron chi connectivity index (χ3n) is 4.30. The molecule has 2 aromatic rings. The second-order valence-corrected chi connectivity index (χ2v) is 5.29. The molecule has 3 N–H and O–H groups in total. The van der Waals surface area contributed by atoms with Crippen molar-refractivity contribution in [1.29, 1.82) is 0 Å². The molecule has 1 aromatic heterocycles. The summed E-state index contributed by atoms with van der Waals surface area (Å²) in [5.74, 6) is -0.0880. The van der Waals surface area contributed by atoms with Crippen molar-refractivity contribution in [2.75, 3.05) is 13.2 Å². The van der Waals surface area contributed by atoms with Crippen LogP contribution in [-0.2, 0) is 0 Å². The number of H-pyrrole nitrogens is 1. The molecule has 0 saturated carbocycles. The summed E-state index contributed by atoms with van der Waals surface area (Å²) in [6.07, 6.45) is 3.51.